The number of rotatable bonds is 3. The largest absolute Gasteiger partial charge is 0.359 e. The Morgan fingerprint density at radius 1 is 1.41 bits per heavy atom. The van der Waals surface area contributed by atoms with Crippen molar-refractivity contribution in [2.75, 3.05) is 0 Å². The zero-order chi connectivity index (χ0) is 12.4. The molecule has 2 N–H and O–H groups in total. The van der Waals surface area contributed by atoms with Crippen molar-refractivity contribution >= 4 is 11.6 Å². The molecule has 0 aliphatic heterocycles. The summed E-state index contributed by atoms with van der Waals surface area (Å²) < 4.78 is 18.3. The van der Waals surface area contributed by atoms with Gasteiger partial charge in [-0.3, -0.25) is 0 Å². The molecule has 0 amide bonds. The van der Waals surface area contributed by atoms with Crippen molar-refractivity contribution in [3.63, 3.8) is 0 Å². The SMILES string of the molecule is CCC(N)c1cc(-c2cc(F)cc(Cl)c2)no1. The Labute approximate surface area is 103 Å². The van der Waals surface area contributed by atoms with E-state index in [1.54, 1.807) is 12.1 Å². The molecule has 0 saturated heterocycles. The van der Waals surface area contributed by atoms with Crippen LogP contribution in [0.1, 0.15) is 25.1 Å². The fourth-order valence-corrected chi connectivity index (χ4v) is 1.72. The Balaban J connectivity index is 2.36. The third-order valence-corrected chi connectivity index (χ3v) is 2.71. The molecule has 2 aromatic rings. The molecule has 2 rings (SSSR count). The molecule has 1 aromatic heterocycles. The van der Waals surface area contributed by atoms with Crippen LogP contribution in [0.4, 0.5) is 4.39 Å². The Kier molecular flexibility index (Phi) is 3.45. The molecule has 90 valence electrons. The van der Waals surface area contributed by atoms with Crippen molar-refractivity contribution in [1.29, 1.82) is 0 Å². The first kappa shape index (κ1) is 12.1. The average molecular weight is 255 g/mol. The summed E-state index contributed by atoms with van der Waals surface area (Å²) in [6.45, 7) is 1.95. The molecule has 1 aromatic carbocycles. The van der Waals surface area contributed by atoms with Crippen LogP contribution in [0.25, 0.3) is 11.3 Å². The van der Waals surface area contributed by atoms with Gasteiger partial charge in [-0.2, -0.15) is 0 Å². The van der Waals surface area contributed by atoms with Gasteiger partial charge < -0.3 is 10.3 Å². The van der Waals surface area contributed by atoms with Crippen molar-refractivity contribution in [1.82, 2.24) is 5.16 Å². The number of hydrogen-bond donors (Lipinski definition) is 1. The van der Waals surface area contributed by atoms with Gasteiger partial charge in [0.05, 0.1) is 6.04 Å². The molecule has 0 aliphatic carbocycles. The van der Waals surface area contributed by atoms with Crippen LogP contribution < -0.4 is 5.73 Å². The van der Waals surface area contributed by atoms with E-state index in [1.165, 1.54) is 12.1 Å². The summed E-state index contributed by atoms with van der Waals surface area (Å²) in [5.41, 5.74) is 6.92. The van der Waals surface area contributed by atoms with Gasteiger partial charge in [0, 0.05) is 16.7 Å². The third-order valence-electron chi connectivity index (χ3n) is 2.49. The predicted octanol–water partition coefficient (Wildman–Crippen LogP) is 3.54. The maximum atomic E-state index is 13.2. The van der Waals surface area contributed by atoms with Crippen LogP contribution >= 0.6 is 11.6 Å². The van der Waals surface area contributed by atoms with E-state index in [-0.39, 0.29) is 6.04 Å². The summed E-state index contributed by atoms with van der Waals surface area (Å²) in [6.07, 6.45) is 0.749. The number of halogens is 2. The van der Waals surface area contributed by atoms with E-state index in [1.807, 2.05) is 6.92 Å². The highest BCUT2D eigenvalue weighted by molar-refractivity contribution is 6.30. The van der Waals surface area contributed by atoms with Crippen LogP contribution in [0.15, 0.2) is 28.8 Å². The second-order valence-corrected chi connectivity index (χ2v) is 4.22. The molecule has 0 radical (unpaired) electrons. The molecule has 1 atom stereocenters. The number of hydrogen-bond acceptors (Lipinski definition) is 3. The average Bonchev–Trinajstić information content (AvgIpc) is 2.76. The fraction of sp³-hybridized carbons (Fsp3) is 0.250. The van der Waals surface area contributed by atoms with Gasteiger partial charge in [-0.25, -0.2) is 4.39 Å². The lowest BCUT2D eigenvalue weighted by atomic mass is 10.1. The van der Waals surface area contributed by atoms with Gasteiger partial charge in [-0.1, -0.05) is 23.7 Å². The maximum Gasteiger partial charge on any atom is 0.154 e. The standard InChI is InChI=1S/C12H12ClFN2O/c1-2-10(15)12-6-11(16-17-12)7-3-8(13)5-9(14)4-7/h3-6,10H,2,15H2,1H3. The van der Waals surface area contributed by atoms with Crippen molar-refractivity contribution in [2.45, 2.75) is 19.4 Å². The Bertz CT molecular complexity index is 507. The highest BCUT2D eigenvalue weighted by atomic mass is 35.5. The molecular formula is C12H12ClFN2O. The summed E-state index contributed by atoms with van der Waals surface area (Å²) in [6, 6.07) is 5.73. The van der Waals surface area contributed by atoms with Crippen LogP contribution in [-0.4, -0.2) is 5.16 Å². The van der Waals surface area contributed by atoms with E-state index in [0.717, 1.165) is 6.42 Å². The molecule has 0 fully saturated rings. The second kappa shape index (κ2) is 4.85. The third kappa shape index (κ3) is 2.65. The molecular weight excluding hydrogens is 243 g/mol. The van der Waals surface area contributed by atoms with Gasteiger partial charge in [-0.05, 0) is 24.6 Å². The van der Waals surface area contributed by atoms with Crippen LogP contribution in [0.2, 0.25) is 5.02 Å². The van der Waals surface area contributed by atoms with Gasteiger partial charge in [0.15, 0.2) is 5.76 Å². The fourth-order valence-electron chi connectivity index (χ4n) is 1.50. The van der Waals surface area contributed by atoms with Crippen LogP contribution in [0, 0.1) is 5.82 Å². The molecule has 0 saturated carbocycles. The zero-order valence-electron chi connectivity index (χ0n) is 9.28. The summed E-state index contributed by atoms with van der Waals surface area (Å²) in [4.78, 5) is 0. The monoisotopic (exact) mass is 254 g/mol. The summed E-state index contributed by atoms with van der Waals surface area (Å²) >= 11 is 5.77. The minimum absolute atomic E-state index is 0.194. The molecule has 0 aliphatic rings. The van der Waals surface area contributed by atoms with Crippen molar-refractivity contribution in [3.8, 4) is 11.3 Å². The van der Waals surface area contributed by atoms with E-state index in [9.17, 15) is 4.39 Å². The smallest absolute Gasteiger partial charge is 0.154 e. The lowest BCUT2D eigenvalue weighted by Gasteiger charge is -2.00. The summed E-state index contributed by atoms with van der Waals surface area (Å²) in [5, 5.41) is 4.18. The van der Waals surface area contributed by atoms with Crippen molar-refractivity contribution < 1.29 is 8.91 Å². The van der Waals surface area contributed by atoms with Gasteiger partial charge in [-0.15, -0.1) is 0 Å². The number of nitrogens with two attached hydrogens (primary N) is 1. The van der Waals surface area contributed by atoms with Gasteiger partial charge >= 0.3 is 0 Å². The molecule has 17 heavy (non-hydrogen) atoms. The summed E-state index contributed by atoms with van der Waals surface area (Å²) in [5.74, 6) is 0.180. The van der Waals surface area contributed by atoms with Gasteiger partial charge in [0.25, 0.3) is 0 Å². The van der Waals surface area contributed by atoms with E-state index in [0.29, 0.717) is 22.0 Å². The Morgan fingerprint density at radius 3 is 2.82 bits per heavy atom. The normalized spacial score (nSPS) is 12.7. The van der Waals surface area contributed by atoms with E-state index >= 15 is 0 Å². The van der Waals surface area contributed by atoms with E-state index in [4.69, 9.17) is 21.9 Å². The molecule has 1 unspecified atom stereocenters. The van der Waals surface area contributed by atoms with Gasteiger partial charge in [0.2, 0.25) is 0 Å². The Morgan fingerprint density at radius 2 is 2.18 bits per heavy atom. The predicted molar refractivity (Wildman–Crippen MR) is 64.1 cm³/mol. The maximum absolute atomic E-state index is 13.2. The number of nitrogens with zero attached hydrogens (tertiary/aromatic N) is 1. The lowest BCUT2D eigenvalue weighted by Crippen LogP contribution is -2.06. The first-order valence-electron chi connectivity index (χ1n) is 5.29. The first-order chi connectivity index (χ1) is 8.10. The Hall–Kier alpha value is -1.39. The highest BCUT2D eigenvalue weighted by Crippen LogP contribution is 2.26. The zero-order valence-corrected chi connectivity index (χ0v) is 10.0. The highest BCUT2D eigenvalue weighted by Gasteiger charge is 2.12. The number of aromatic nitrogens is 1. The van der Waals surface area contributed by atoms with Crippen LogP contribution in [0.5, 0.6) is 0 Å². The molecule has 5 heteroatoms. The van der Waals surface area contributed by atoms with E-state index < -0.39 is 5.82 Å². The molecule has 3 nitrogen and oxygen atoms in total. The topological polar surface area (TPSA) is 52.0 Å². The second-order valence-electron chi connectivity index (χ2n) is 3.79. The lowest BCUT2D eigenvalue weighted by molar-refractivity contribution is 0.360. The first-order valence-corrected chi connectivity index (χ1v) is 5.66. The minimum Gasteiger partial charge on any atom is -0.359 e. The molecule has 1 heterocycles. The van der Waals surface area contributed by atoms with Crippen molar-refractivity contribution in [2.24, 2.45) is 5.73 Å². The molecule has 0 spiro atoms. The quantitative estimate of drug-likeness (QED) is 0.911. The summed E-state index contributed by atoms with van der Waals surface area (Å²) in [7, 11) is 0. The van der Waals surface area contributed by atoms with Gasteiger partial charge in [0.1, 0.15) is 11.5 Å². The minimum atomic E-state index is -0.406. The van der Waals surface area contributed by atoms with Crippen LogP contribution in [-0.2, 0) is 0 Å². The van der Waals surface area contributed by atoms with Crippen molar-refractivity contribution in [3.05, 3.63) is 40.9 Å². The van der Waals surface area contributed by atoms with Crippen LogP contribution in [0.3, 0.4) is 0 Å². The number of benzene rings is 1. The molecule has 0 bridgehead atoms. The van der Waals surface area contributed by atoms with E-state index in [2.05, 4.69) is 5.16 Å².